The van der Waals surface area contributed by atoms with E-state index >= 15 is 0 Å². The maximum atomic E-state index is 11.9. The van der Waals surface area contributed by atoms with Crippen LogP contribution in [0, 0.1) is 0 Å². The van der Waals surface area contributed by atoms with Crippen molar-refractivity contribution in [3.05, 3.63) is 12.7 Å². The molecule has 0 saturated carbocycles. The molecule has 2 aromatic heterocycles. The van der Waals surface area contributed by atoms with E-state index in [4.69, 9.17) is 0 Å². The summed E-state index contributed by atoms with van der Waals surface area (Å²) in [6.45, 7) is -0.357. The lowest BCUT2D eigenvalue weighted by Crippen LogP contribution is -1.88. The molecule has 2 rings (SSSR count). The summed E-state index contributed by atoms with van der Waals surface area (Å²) < 4.78 is 11.9. The number of hydrogen-bond acceptors (Lipinski definition) is 4. The SMILES string of the molecule is FCCSc1ncnc2nc[nH]c12. The van der Waals surface area contributed by atoms with Crippen molar-refractivity contribution >= 4 is 22.9 Å². The van der Waals surface area contributed by atoms with Crippen LogP contribution in [-0.2, 0) is 0 Å². The Balaban J connectivity index is 2.37. The van der Waals surface area contributed by atoms with Crippen LogP contribution in [0.25, 0.3) is 11.2 Å². The molecule has 0 amide bonds. The van der Waals surface area contributed by atoms with Gasteiger partial charge in [0.1, 0.15) is 16.9 Å². The summed E-state index contributed by atoms with van der Waals surface area (Å²) in [4.78, 5) is 14.9. The number of nitrogens with zero attached hydrogens (tertiary/aromatic N) is 3. The van der Waals surface area contributed by atoms with Crippen molar-refractivity contribution < 1.29 is 4.39 Å². The summed E-state index contributed by atoms with van der Waals surface area (Å²) in [5.41, 5.74) is 1.40. The number of hydrogen-bond donors (Lipinski definition) is 1. The molecule has 13 heavy (non-hydrogen) atoms. The average Bonchev–Trinajstić information content (AvgIpc) is 2.62. The highest BCUT2D eigenvalue weighted by Crippen LogP contribution is 2.21. The number of nitrogens with one attached hydrogen (secondary N) is 1. The van der Waals surface area contributed by atoms with Crippen molar-refractivity contribution in [1.29, 1.82) is 0 Å². The summed E-state index contributed by atoms with van der Waals surface area (Å²) in [5.74, 6) is 0.408. The summed E-state index contributed by atoms with van der Waals surface area (Å²) in [7, 11) is 0. The largest absolute Gasteiger partial charge is 0.341 e. The lowest BCUT2D eigenvalue weighted by molar-refractivity contribution is 0.532. The van der Waals surface area contributed by atoms with Gasteiger partial charge in [-0.2, -0.15) is 0 Å². The maximum absolute atomic E-state index is 11.9. The van der Waals surface area contributed by atoms with Crippen LogP contribution < -0.4 is 0 Å². The van der Waals surface area contributed by atoms with Crippen molar-refractivity contribution in [3.8, 4) is 0 Å². The molecule has 1 N–H and O–H groups in total. The highest BCUT2D eigenvalue weighted by Gasteiger charge is 2.05. The molecule has 0 aliphatic heterocycles. The quantitative estimate of drug-likeness (QED) is 0.598. The maximum Gasteiger partial charge on any atom is 0.181 e. The fraction of sp³-hybridized carbons (Fsp3) is 0.286. The minimum absolute atomic E-state index is 0.357. The topological polar surface area (TPSA) is 54.5 Å². The molecule has 0 spiro atoms. The molecule has 0 bridgehead atoms. The van der Waals surface area contributed by atoms with Crippen LogP contribution >= 0.6 is 11.8 Å². The third-order valence-corrected chi connectivity index (χ3v) is 2.45. The minimum Gasteiger partial charge on any atom is -0.341 e. The van der Waals surface area contributed by atoms with Crippen LogP contribution in [0.4, 0.5) is 4.39 Å². The van der Waals surface area contributed by atoms with Gasteiger partial charge in [0, 0.05) is 5.75 Å². The van der Waals surface area contributed by atoms with Gasteiger partial charge in [-0.15, -0.1) is 11.8 Å². The fourth-order valence-electron chi connectivity index (χ4n) is 0.988. The molecule has 0 aliphatic carbocycles. The van der Waals surface area contributed by atoms with Crippen LogP contribution in [0.1, 0.15) is 0 Å². The van der Waals surface area contributed by atoms with Crippen molar-refractivity contribution in [3.63, 3.8) is 0 Å². The molecule has 0 aliphatic rings. The average molecular weight is 198 g/mol. The fourth-order valence-corrected chi connectivity index (χ4v) is 1.67. The summed E-state index contributed by atoms with van der Waals surface area (Å²) >= 11 is 1.36. The molecule has 6 heteroatoms. The highest BCUT2D eigenvalue weighted by atomic mass is 32.2. The molecule has 0 saturated heterocycles. The Morgan fingerprint density at radius 3 is 3.15 bits per heavy atom. The number of imidazole rings is 1. The van der Waals surface area contributed by atoms with E-state index in [2.05, 4.69) is 19.9 Å². The monoisotopic (exact) mass is 198 g/mol. The van der Waals surface area contributed by atoms with E-state index in [1.807, 2.05) is 0 Å². The first-order valence-electron chi connectivity index (χ1n) is 3.74. The van der Waals surface area contributed by atoms with Gasteiger partial charge in [-0.05, 0) is 0 Å². The molecular formula is C7H7FN4S. The molecule has 0 atom stereocenters. The van der Waals surface area contributed by atoms with Gasteiger partial charge in [0.25, 0.3) is 0 Å². The molecule has 0 fully saturated rings. The molecule has 0 unspecified atom stereocenters. The number of alkyl halides is 1. The van der Waals surface area contributed by atoms with Crippen molar-refractivity contribution in [1.82, 2.24) is 19.9 Å². The van der Waals surface area contributed by atoms with Gasteiger partial charge in [-0.25, -0.2) is 15.0 Å². The zero-order chi connectivity index (χ0) is 9.10. The van der Waals surface area contributed by atoms with Gasteiger partial charge in [0.15, 0.2) is 5.65 Å². The zero-order valence-corrected chi connectivity index (χ0v) is 7.51. The Kier molecular flexibility index (Phi) is 2.40. The third-order valence-electron chi connectivity index (χ3n) is 1.50. The Morgan fingerprint density at radius 1 is 1.38 bits per heavy atom. The molecule has 0 aromatic carbocycles. The first kappa shape index (κ1) is 8.43. The normalized spacial score (nSPS) is 10.8. The predicted octanol–water partition coefficient (Wildman–Crippen LogP) is 1.41. The number of thioether (sulfide) groups is 1. The first-order valence-corrected chi connectivity index (χ1v) is 4.73. The Hall–Kier alpha value is -1.17. The standard InChI is InChI=1S/C7H7FN4S/c8-1-2-13-7-5-6(10-3-9-5)11-4-12-7/h3-4H,1-2H2,(H,9,10,11,12). The van der Waals surface area contributed by atoms with E-state index in [1.54, 1.807) is 6.33 Å². The van der Waals surface area contributed by atoms with Gasteiger partial charge >= 0.3 is 0 Å². The second-order valence-electron chi connectivity index (χ2n) is 2.32. The van der Waals surface area contributed by atoms with Gasteiger partial charge in [-0.3, -0.25) is 4.39 Å². The second kappa shape index (κ2) is 3.69. The molecule has 2 heterocycles. The van der Waals surface area contributed by atoms with Gasteiger partial charge in [0.2, 0.25) is 0 Å². The molecule has 4 nitrogen and oxygen atoms in total. The second-order valence-corrected chi connectivity index (χ2v) is 3.40. The Labute approximate surface area is 78.0 Å². The van der Waals surface area contributed by atoms with Crippen LogP contribution in [0.3, 0.4) is 0 Å². The number of halogens is 1. The summed E-state index contributed by atoms with van der Waals surface area (Å²) in [5, 5.41) is 0.750. The lowest BCUT2D eigenvalue weighted by atomic mass is 10.6. The predicted molar refractivity (Wildman–Crippen MR) is 48.4 cm³/mol. The van der Waals surface area contributed by atoms with E-state index in [-0.39, 0.29) is 6.67 Å². The van der Waals surface area contributed by atoms with Crippen LogP contribution in [0.2, 0.25) is 0 Å². The molecule has 68 valence electrons. The lowest BCUT2D eigenvalue weighted by Gasteiger charge is -1.97. The van der Waals surface area contributed by atoms with E-state index in [1.165, 1.54) is 18.1 Å². The molecule has 0 radical (unpaired) electrons. The van der Waals surface area contributed by atoms with Crippen molar-refractivity contribution in [2.45, 2.75) is 5.03 Å². The van der Waals surface area contributed by atoms with E-state index in [0.717, 1.165) is 10.5 Å². The van der Waals surface area contributed by atoms with E-state index in [9.17, 15) is 4.39 Å². The van der Waals surface area contributed by atoms with Crippen LogP contribution in [0.5, 0.6) is 0 Å². The molecular weight excluding hydrogens is 191 g/mol. The summed E-state index contributed by atoms with van der Waals surface area (Å²) in [6, 6.07) is 0. The third kappa shape index (κ3) is 1.62. The first-order chi connectivity index (χ1) is 6.42. The van der Waals surface area contributed by atoms with Gasteiger partial charge < -0.3 is 4.98 Å². The number of aromatic amines is 1. The zero-order valence-electron chi connectivity index (χ0n) is 6.70. The van der Waals surface area contributed by atoms with E-state index in [0.29, 0.717) is 11.4 Å². The smallest absolute Gasteiger partial charge is 0.181 e. The van der Waals surface area contributed by atoms with Crippen LogP contribution in [-0.4, -0.2) is 32.4 Å². The molecule has 2 aromatic rings. The Bertz CT molecular complexity index is 402. The van der Waals surface area contributed by atoms with E-state index < -0.39 is 0 Å². The highest BCUT2D eigenvalue weighted by molar-refractivity contribution is 7.99. The van der Waals surface area contributed by atoms with Crippen LogP contribution in [0.15, 0.2) is 17.7 Å². The number of aromatic nitrogens is 4. The van der Waals surface area contributed by atoms with Crippen molar-refractivity contribution in [2.75, 3.05) is 12.4 Å². The Morgan fingerprint density at radius 2 is 2.31 bits per heavy atom. The number of rotatable bonds is 3. The minimum atomic E-state index is -0.357. The van der Waals surface area contributed by atoms with Crippen molar-refractivity contribution in [2.24, 2.45) is 0 Å². The number of H-pyrrole nitrogens is 1. The summed E-state index contributed by atoms with van der Waals surface area (Å²) in [6.07, 6.45) is 2.99. The number of fused-ring (bicyclic) bond motifs is 1. The van der Waals surface area contributed by atoms with Gasteiger partial charge in [-0.1, -0.05) is 0 Å². The van der Waals surface area contributed by atoms with Gasteiger partial charge in [0.05, 0.1) is 13.0 Å².